The Morgan fingerprint density at radius 2 is 1.72 bits per heavy atom. The number of anilines is 3. The van der Waals surface area contributed by atoms with Gasteiger partial charge in [-0.25, -0.2) is 0 Å². The summed E-state index contributed by atoms with van der Waals surface area (Å²) in [6, 6.07) is 12.4. The van der Waals surface area contributed by atoms with Gasteiger partial charge < -0.3 is 19.1 Å². The second-order valence-electron chi connectivity index (χ2n) is 9.51. The van der Waals surface area contributed by atoms with Gasteiger partial charge in [-0.1, -0.05) is 0 Å². The Hall–Kier alpha value is -4.25. The Labute approximate surface area is 210 Å². The van der Waals surface area contributed by atoms with E-state index in [1.54, 1.807) is 18.7 Å². The van der Waals surface area contributed by atoms with Crippen LogP contribution >= 0.6 is 0 Å². The lowest BCUT2D eigenvalue weighted by Gasteiger charge is -2.38. The molecule has 2 aromatic heterocycles. The molecule has 0 aliphatic carbocycles. The van der Waals surface area contributed by atoms with Gasteiger partial charge in [-0.3, -0.25) is 9.48 Å². The van der Waals surface area contributed by atoms with Gasteiger partial charge in [-0.2, -0.15) is 10.4 Å². The first-order chi connectivity index (χ1) is 17.2. The molecule has 1 aliphatic heterocycles. The number of aryl methyl sites for hydroxylation is 4. The average Bonchev–Trinajstić information content (AvgIpc) is 3.12. The first-order valence-corrected chi connectivity index (χ1v) is 11.9. The molecular weight excluding hydrogens is 452 g/mol. The number of nitrogens with zero attached hydrogens (tertiary/aromatic N) is 6. The number of benzene rings is 2. The fourth-order valence-electron chi connectivity index (χ4n) is 5.32. The normalized spacial score (nSPS) is 13.2. The summed E-state index contributed by atoms with van der Waals surface area (Å²) in [6.07, 6.45) is 0. The van der Waals surface area contributed by atoms with Crippen molar-refractivity contribution in [3.8, 4) is 22.9 Å². The fourth-order valence-corrected chi connectivity index (χ4v) is 5.32. The molecule has 3 heterocycles. The highest BCUT2D eigenvalue weighted by Gasteiger charge is 2.27. The number of fused-ring (bicyclic) bond motifs is 2. The smallest absolute Gasteiger partial charge is 0.253 e. The third-order valence-electron chi connectivity index (χ3n) is 7.38. The van der Waals surface area contributed by atoms with Gasteiger partial charge in [-0.05, 0) is 39.0 Å². The van der Waals surface area contributed by atoms with E-state index < -0.39 is 0 Å². The molecule has 0 amide bonds. The third kappa shape index (κ3) is 3.42. The summed E-state index contributed by atoms with van der Waals surface area (Å²) >= 11 is 0. The van der Waals surface area contributed by atoms with Crippen LogP contribution in [0.2, 0.25) is 0 Å². The lowest BCUT2D eigenvalue weighted by atomic mass is 9.95. The highest BCUT2D eigenvalue weighted by atomic mass is 16.5. The van der Waals surface area contributed by atoms with E-state index in [0.29, 0.717) is 16.9 Å². The molecule has 0 saturated carbocycles. The van der Waals surface area contributed by atoms with Crippen LogP contribution in [0.4, 0.5) is 17.1 Å². The van der Waals surface area contributed by atoms with Crippen LogP contribution in [0, 0.1) is 32.1 Å². The molecule has 8 heteroatoms. The summed E-state index contributed by atoms with van der Waals surface area (Å²) in [5.41, 5.74) is 8.80. The van der Waals surface area contributed by atoms with E-state index in [4.69, 9.17) is 4.74 Å². The highest BCUT2D eigenvalue weighted by Crippen LogP contribution is 2.45. The number of pyridine rings is 1. The quantitative estimate of drug-likeness (QED) is 0.432. The van der Waals surface area contributed by atoms with Crippen LogP contribution in [0.25, 0.3) is 22.0 Å². The van der Waals surface area contributed by atoms with Crippen molar-refractivity contribution in [1.82, 2.24) is 14.3 Å². The van der Waals surface area contributed by atoms with Gasteiger partial charge in [-0.15, -0.1) is 0 Å². The van der Waals surface area contributed by atoms with Crippen molar-refractivity contribution >= 4 is 28.0 Å². The zero-order valence-electron chi connectivity index (χ0n) is 21.8. The fraction of sp³-hybridized carbons (Fsp3) is 0.321. The maximum absolute atomic E-state index is 12.7. The number of aromatic nitrogens is 3. The molecule has 1 aliphatic rings. The summed E-state index contributed by atoms with van der Waals surface area (Å²) in [6.45, 7) is 7.37. The lowest BCUT2D eigenvalue weighted by Crippen LogP contribution is -2.37. The van der Waals surface area contributed by atoms with E-state index >= 15 is 0 Å². The monoisotopic (exact) mass is 482 g/mol. The number of likely N-dealkylation sites (N-methyl/N-ethyl adjacent to an activating group) is 1. The van der Waals surface area contributed by atoms with E-state index in [1.165, 1.54) is 0 Å². The molecule has 0 atom stereocenters. The van der Waals surface area contributed by atoms with E-state index in [-0.39, 0.29) is 5.56 Å². The number of nitriles is 1. The van der Waals surface area contributed by atoms with E-state index in [1.807, 2.05) is 56.8 Å². The van der Waals surface area contributed by atoms with Gasteiger partial charge in [0, 0.05) is 74.1 Å². The van der Waals surface area contributed by atoms with Crippen molar-refractivity contribution in [3.63, 3.8) is 0 Å². The summed E-state index contributed by atoms with van der Waals surface area (Å²) in [7, 11) is 7.42. The molecule has 36 heavy (non-hydrogen) atoms. The largest absolute Gasteiger partial charge is 0.497 e. The zero-order chi connectivity index (χ0) is 25.9. The van der Waals surface area contributed by atoms with Crippen LogP contribution in [-0.2, 0) is 14.1 Å². The maximum atomic E-state index is 12.7. The predicted molar refractivity (Wildman–Crippen MR) is 144 cm³/mol. The van der Waals surface area contributed by atoms with Gasteiger partial charge in [0.1, 0.15) is 5.75 Å². The maximum Gasteiger partial charge on any atom is 0.253 e. The first-order valence-electron chi connectivity index (χ1n) is 11.9. The van der Waals surface area contributed by atoms with Crippen LogP contribution in [0.15, 0.2) is 35.1 Å². The van der Waals surface area contributed by atoms with Gasteiger partial charge in [0.2, 0.25) is 0 Å². The molecule has 5 rings (SSSR count). The van der Waals surface area contributed by atoms with Crippen molar-refractivity contribution in [2.24, 2.45) is 14.1 Å². The van der Waals surface area contributed by atoms with Gasteiger partial charge in [0.25, 0.3) is 5.56 Å². The number of ether oxygens (including phenoxy) is 1. The molecule has 184 valence electrons. The molecule has 0 saturated heterocycles. The number of hydrogen-bond donors (Lipinski definition) is 0. The average molecular weight is 483 g/mol. The molecule has 4 aromatic rings. The van der Waals surface area contributed by atoms with Crippen LogP contribution in [0.3, 0.4) is 0 Å². The summed E-state index contributed by atoms with van der Waals surface area (Å²) in [4.78, 5) is 17.1. The van der Waals surface area contributed by atoms with Crippen molar-refractivity contribution in [3.05, 3.63) is 63.2 Å². The Kier molecular flexibility index (Phi) is 5.51. The van der Waals surface area contributed by atoms with Crippen molar-refractivity contribution in [2.75, 3.05) is 37.0 Å². The summed E-state index contributed by atoms with van der Waals surface area (Å²) < 4.78 is 9.15. The second kappa shape index (κ2) is 8.45. The van der Waals surface area contributed by atoms with Gasteiger partial charge in [0.15, 0.2) is 0 Å². The zero-order valence-corrected chi connectivity index (χ0v) is 21.8. The number of rotatable bonds is 3. The van der Waals surface area contributed by atoms with Gasteiger partial charge in [0.05, 0.1) is 47.0 Å². The Bertz CT molecular complexity index is 1640. The molecule has 0 bridgehead atoms. The molecule has 0 N–H and O–H groups in total. The molecule has 2 aromatic carbocycles. The number of hydrogen-bond acceptors (Lipinski definition) is 6. The molecule has 0 radical (unpaired) electrons. The standard InChI is InChI=1S/C28H30N6O2/c1-16-10-22-23(32(5)28(16)35)12-20(36-7)13-24(22)34-9-8-31(4)25-14-21(19(15-29)11-26(25)34)27-17(2)30-33(6)18(27)3/h10-14H,8-9H2,1-7H3. The predicted octanol–water partition coefficient (Wildman–Crippen LogP) is 4.33. The summed E-state index contributed by atoms with van der Waals surface area (Å²) in [5.74, 6) is 0.676. The number of methoxy groups -OCH3 is 1. The minimum Gasteiger partial charge on any atom is -0.497 e. The van der Waals surface area contributed by atoms with Crippen molar-refractivity contribution < 1.29 is 4.74 Å². The van der Waals surface area contributed by atoms with Crippen LogP contribution < -0.4 is 20.1 Å². The van der Waals surface area contributed by atoms with Crippen LogP contribution in [-0.4, -0.2) is 41.6 Å². The minimum absolute atomic E-state index is 0.0286. The lowest BCUT2D eigenvalue weighted by molar-refractivity contribution is 0.415. The Balaban J connectivity index is 1.79. The SMILES string of the molecule is COc1cc(N2CCN(C)c3cc(-c4c(C)nn(C)c4C)c(C#N)cc32)c2cc(C)c(=O)n(C)c2c1. The second-order valence-corrected chi connectivity index (χ2v) is 9.51. The molecule has 8 nitrogen and oxygen atoms in total. The van der Waals surface area contributed by atoms with E-state index in [0.717, 1.165) is 63.6 Å². The molecule has 0 spiro atoms. The van der Waals surface area contributed by atoms with Crippen molar-refractivity contribution in [2.45, 2.75) is 20.8 Å². The Morgan fingerprint density at radius 1 is 0.972 bits per heavy atom. The minimum atomic E-state index is -0.0286. The molecule has 0 fully saturated rings. The third-order valence-corrected chi connectivity index (χ3v) is 7.38. The van der Waals surface area contributed by atoms with Gasteiger partial charge >= 0.3 is 0 Å². The molecular formula is C28H30N6O2. The van der Waals surface area contributed by atoms with Crippen LogP contribution in [0.1, 0.15) is 22.5 Å². The van der Waals surface area contributed by atoms with E-state index in [9.17, 15) is 10.1 Å². The Morgan fingerprint density at radius 3 is 2.36 bits per heavy atom. The highest BCUT2D eigenvalue weighted by molar-refractivity contribution is 5.99. The first kappa shape index (κ1) is 23.5. The topological polar surface area (TPSA) is 79.3 Å². The van der Waals surface area contributed by atoms with E-state index in [2.05, 4.69) is 34.1 Å². The molecule has 0 unspecified atom stereocenters. The van der Waals surface area contributed by atoms with Crippen LogP contribution in [0.5, 0.6) is 5.75 Å². The van der Waals surface area contributed by atoms with Crippen molar-refractivity contribution in [1.29, 1.82) is 5.26 Å². The summed E-state index contributed by atoms with van der Waals surface area (Å²) in [5, 5.41) is 15.7.